The molecule has 2 heteroatoms. The van der Waals surface area contributed by atoms with E-state index in [1.165, 1.54) is 5.56 Å². The molecule has 2 N–H and O–H groups in total. The second-order valence-corrected chi connectivity index (χ2v) is 5.57. The lowest BCUT2D eigenvalue weighted by atomic mass is 9.76. The van der Waals surface area contributed by atoms with Crippen molar-refractivity contribution in [3.05, 3.63) is 29.8 Å². The summed E-state index contributed by atoms with van der Waals surface area (Å²) in [4.78, 5) is 0. The third-order valence-electron chi connectivity index (χ3n) is 3.04. The maximum Gasteiger partial charge on any atom is 0.119 e. The van der Waals surface area contributed by atoms with E-state index in [9.17, 15) is 0 Å². The lowest BCUT2D eigenvalue weighted by Gasteiger charge is -2.30. The van der Waals surface area contributed by atoms with Gasteiger partial charge >= 0.3 is 0 Å². The number of rotatable bonds is 5. The summed E-state index contributed by atoms with van der Waals surface area (Å²) in [7, 11) is 0. The molecule has 0 aliphatic carbocycles. The third-order valence-corrected chi connectivity index (χ3v) is 3.04. The first-order valence-corrected chi connectivity index (χ1v) is 6.42. The normalized spacial score (nSPS) is 13.5. The van der Waals surface area contributed by atoms with Crippen molar-refractivity contribution in [2.45, 2.75) is 40.0 Å². The van der Waals surface area contributed by atoms with Crippen LogP contribution in [0.1, 0.15) is 45.6 Å². The molecule has 1 atom stereocenters. The zero-order valence-corrected chi connectivity index (χ0v) is 11.5. The number of nitrogens with two attached hydrogens (primary N) is 1. The molecular formula is C15H25NO. The van der Waals surface area contributed by atoms with Crippen LogP contribution in [0.3, 0.4) is 0 Å². The molecule has 1 aromatic carbocycles. The van der Waals surface area contributed by atoms with E-state index in [2.05, 4.69) is 39.8 Å². The van der Waals surface area contributed by atoms with Gasteiger partial charge in [0.2, 0.25) is 0 Å². The zero-order valence-electron chi connectivity index (χ0n) is 11.5. The monoisotopic (exact) mass is 235 g/mol. The summed E-state index contributed by atoms with van der Waals surface area (Å²) < 4.78 is 5.58. The largest absolute Gasteiger partial charge is 0.494 e. The van der Waals surface area contributed by atoms with E-state index in [-0.39, 0.29) is 5.41 Å². The Morgan fingerprint density at radius 3 is 2.18 bits per heavy atom. The lowest BCUT2D eigenvalue weighted by Crippen LogP contribution is -2.25. The Balaban J connectivity index is 2.78. The molecule has 0 bridgehead atoms. The maximum atomic E-state index is 5.88. The van der Waals surface area contributed by atoms with Gasteiger partial charge in [0, 0.05) is 5.92 Å². The molecule has 2 nitrogen and oxygen atoms in total. The summed E-state index contributed by atoms with van der Waals surface area (Å²) >= 11 is 0. The van der Waals surface area contributed by atoms with Crippen molar-refractivity contribution >= 4 is 0 Å². The highest BCUT2D eigenvalue weighted by molar-refractivity contribution is 5.30. The average molecular weight is 235 g/mol. The van der Waals surface area contributed by atoms with Crippen LogP contribution in [0.5, 0.6) is 5.75 Å². The highest BCUT2D eigenvalue weighted by Crippen LogP contribution is 2.34. The van der Waals surface area contributed by atoms with Crippen LogP contribution in [0.15, 0.2) is 24.3 Å². The van der Waals surface area contributed by atoms with Crippen molar-refractivity contribution in [1.82, 2.24) is 0 Å². The number of benzene rings is 1. The molecule has 0 amide bonds. The van der Waals surface area contributed by atoms with Crippen LogP contribution in [-0.2, 0) is 0 Å². The zero-order chi connectivity index (χ0) is 12.9. The van der Waals surface area contributed by atoms with Gasteiger partial charge in [-0.1, -0.05) is 39.8 Å². The molecule has 1 unspecified atom stereocenters. The highest BCUT2D eigenvalue weighted by Gasteiger charge is 2.24. The lowest BCUT2D eigenvalue weighted by molar-refractivity contribution is 0.314. The summed E-state index contributed by atoms with van der Waals surface area (Å²) in [5.41, 5.74) is 7.37. The number of hydrogen-bond acceptors (Lipinski definition) is 2. The smallest absolute Gasteiger partial charge is 0.119 e. The number of ether oxygens (including phenoxy) is 1. The van der Waals surface area contributed by atoms with Gasteiger partial charge in [-0.25, -0.2) is 0 Å². The van der Waals surface area contributed by atoms with Crippen molar-refractivity contribution in [3.8, 4) is 5.75 Å². The SMILES string of the molecule is CCCOc1ccc(C(CN)C(C)(C)C)cc1. The Morgan fingerprint density at radius 2 is 1.76 bits per heavy atom. The number of hydrogen-bond donors (Lipinski definition) is 1. The van der Waals surface area contributed by atoms with E-state index >= 15 is 0 Å². The van der Waals surface area contributed by atoms with E-state index in [0.717, 1.165) is 18.8 Å². The van der Waals surface area contributed by atoms with Crippen LogP contribution >= 0.6 is 0 Å². The van der Waals surface area contributed by atoms with Crippen LogP contribution in [0, 0.1) is 5.41 Å². The molecule has 0 aliphatic rings. The minimum Gasteiger partial charge on any atom is -0.494 e. The molecular weight excluding hydrogens is 210 g/mol. The molecule has 0 heterocycles. The predicted molar refractivity (Wildman–Crippen MR) is 73.5 cm³/mol. The van der Waals surface area contributed by atoms with Crippen LogP contribution in [0.2, 0.25) is 0 Å². The van der Waals surface area contributed by atoms with E-state index in [1.807, 2.05) is 12.1 Å². The van der Waals surface area contributed by atoms with Crippen molar-refractivity contribution < 1.29 is 4.74 Å². The molecule has 0 saturated heterocycles. The first-order chi connectivity index (χ1) is 7.99. The van der Waals surface area contributed by atoms with Crippen molar-refractivity contribution in [2.75, 3.05) is 13.2 Å². The second-order valence-electron chi connectivity index (χ2n) is 5.57. The van der Waals surface area contributed by atoms with Crippen molar-refractivity contribution in [2.24, 2.45) is 11.1 Å². The molecule has 17 heavy (non-hydrogen) atoms. The molecule has 1 aromatic rings. The van der Waals surface area contributed by atoms with E-state index in [0.29, 0.717) is 12.5 Å². The highest BCUT2D eigenvalue weighted by atomic mass is 16.5. The predicted octanol–water partition coefficient (Wildman–Crippen LogP) is 3.56. The molecule has 1 rings (SSSR count). The quantitative estimate of drug-likeness (QED) is 0.847. The maximum absolute atomic E-state index is 5.88. The van der Waals surface area contributed by atoms with Crippen LogP contribution < -0.4 is 10.5 Å². The molecule has 0 saturated carbocycles. The Hall–Kier alpha value is -1.02. The molecule has 0 fully saturated rings. The second kappa shape index (κ2) is 6.06. The van der Waals surface area contributed by atoms with Gasteiger partial charge in [-0.3, -0.25) is 0 Å². The summed E-state index contributed by atoms with van der Waals surface area (Å²) in [5, 5.41) is 0. The Labute approximate surface area is 105 Å². The van der Waals surface area contributed by atoms with Crippen LogP contribution in [0.4, 0.5) is 0 Å². The van der Waals surface area contributed by atoms with Gasteiger partial charge < -0.3 is 10.5 Å². The van der Waals surface area contributed by atoms with E-state index < -0.39 is 0 Å². The van der Waals surface area contributed by atoms with E-state index in [1.54, 1.807) is 0 Å². The van der Waals surface area contributed by atoms with Gasteiger partial charge in [0.15, 0.2) is 0 Å². The Morgan fingerprint density at radius 1 is 1.18 bits per heavy atom. The van der Waals surface area contributed by atoms with Gasteiger partial charge in [-0.15, -0.1) is 0 Å². The van der Waals surface area contributed by atoms with E-state index in [4.69, 9.17) is 10.5 Å². The topological polar surface area (TPSA) is 35.2 Å². The van der Waals surface area contributed by atoms with Gasteiger partial charge in [0.05, 0.1) is 6.61 Å². The average Bonchev–Trinajstić information content (AvgIpc) is 2.27. The van der Waals surface area contributed by atoms with Gasteiger partial charge in [0.25, 0.3) is 0 Å². The molecule has 96 valence electrons. The standard InChI is InChI=1S/C15H25NO/c1-5-10-17-13-8-6-12(7-9-13)14(11-16)15(2,3)4/h6-9,14H,5,10-11,16H2,1-4H3. The summed E-state index contributed by atoms with van der Waals surface area (Å²) in [6.07, 6.45) is 1.04. The first kappa shape index (κ1) is 14.0. The van der Waals surface area contributed by atoms with Crippen molar-refractivity contribution in [3.63, 3.8) is 0 Å². The fourth-order valence-electron chi connectivity index (χ4n) is 2.01. The summed E-state index contributed by atoms with van der Waals surface area (Å²) in [5.74, 6) is 1.34. The molecule has 0 aromatic heterocycles. The van der Waals surface area contributed by atoms with Gasteiger partial charge in [-0.2, -0.15) is 0 Å². The third kappa shape index (κ3) is 4.04. The molecule has 0 radical (unpaired) electrons. The van der Waals surface area contributed by atoms with Gasteiger partial charge in [0.1, 0.15) is 5.75 Å². The minimum absolute atomic E-state index is 0.195. The summed E-state index contributed by atoms with van der Waals surface area (Å²) in [6, 6.07) is 8.35. The Bertz CT molecular complexity index is 324. The summed E-state index contributed by atoms with van der Waals surface area (Å²) in [6.45, 7) is 10.3. The first-order valence-electron chi connectivity index (χ1n) is 6.42. The van der Waals surface area contributed by atoms with Crippen molar-refractivity contribution in [1.29, 1.82) is 0 Å². The Kier molecular flexibility index (Phi) is 5.01. The fourth-order valence-corrected chi connectivity index (χ4v) is 2.01. The molecule has 0 aliphatic heterocycles. The molecule has 0 spiro atoms. The minimum atomic E-state index is 0.195. The van der Waals surface area contributed by atoms with Gasteiger partial charge in [-0.05, 0) is 36.1 Å². The van der Waals surface area contributed by atoms with Crippen LogP contribution in [-0.4, -0.2) is 13.2 Å². The fraction of sp³-hybridized carbons (Fsp3) is 0.600. The van der Waals surface area contributed by atoms with Crippen LogP contribution in [0.25, 0.3) is 0 Å².